The zero-order valence-electron chi connectivity index (χ0n) is 13.1. The number of nitrogens with two attached hydrogens (primary N) is 1. The summed E-state index contributed by atoms with van der Waals surface area (Å²) in [6.07, 6.45) is -3.11. The number of carbonyl (C=O) groups is 1. The summed E-state index contributed by atoms with van der Waals surface area (Å²) in [5.41, 5.74) is 5.66. The minimum absolute atomic E-state index is 0. The average Bonchev–Trinajstić information content (AvgIpc) is 2.88. The van der Waals surface area contributed by atoms with Crippen LogP contribution in [0.5, 0.6) is 0 Å². The molecule has 2 rings (SSSR count). The van der Waals surface area contributed by atoms with Gasteiger partial charge in [0.2, 0.25) is 0 Å². The molecule has 1 amide bonds. The molecule has 1 aromatic carbocycles. The lowest BCUT2D eigenvalue weighted by molar-refractivity contribution is -0.137. The number of nitrogens with one attached hydrogen (secondary N) is 1. The molecule has 0 spiro atoms. The number of carbonyl (C=O) groups excluding carboxylic acids is 1. The third-order valence-electron chi connectivity index (χ3n) is 3.40. The van der Waals surface area contributed by atoms with Gasteiger partial charge in [-0.05, 0) is 32.0 Å². The van der Waals surface area contributed by atoms with Crippen molar-refractivity contribution in [1.82, 2.24) is 15.1 Å². The van der Waals surface area contributed by atoms with Crippen LogP contribution in [0.2, 0.25) is 0 Å². The number of halogens is 4. The highest BCUT2D eigenvalue weighted by Crippen LogP contribution is 2.30. The number of alkyl halides is 3. The number of rotatable bonds is 4. The summed E-state index contributed by atoms with van der Waals surface area (Å²) in [6.45, 7) is 3.66. The fourth-order valence-corrected chi connectivity index (χ4v) is 2.07. The van der Waals surface area contributed by atoms with Crippen molar-refractivity contribution in [2.24, 2.45) is 5.73 Å². The number of aromatic nitrogens is 2. The van der Waals surface area contributed by atoms with Gasteiger partial charge in [-0.1, -0.05) is 6.07 Å². The summed E-state index contributed by atoms with van der Waals surface area (Å²) >= 11 is 0. The van der Waals surface area contributed by atoms with Gasteiger partial charge in [0.05, 0.1) is 28.7 Å². The Kier molecular flexibility index (Phi) is 6.39. The minimum atomic E-state index is -4.44. The van der Waals surface area contributed by atoms with Crippen LogP contribution in [-0.4, -0.2) is 28.3 Å². The van der Waals surface area contributed by atoms with Crippen LogP contribution >= 0.6 is 12.4 Å². The Hall–Kier alpha value is -2.06. The van der Waals surface area contributed by atoms with E-state index in [-0.39, 0.29) is 36.6 Å². The molecule has 0 aliphatic rings. The molecule has 9 heteroatoms. The van der Waals surface area contributed by atoms with E-state index in [1.807, 2.05) is 0 Å². The first-order valence-corrected chi connectivity index (χ1v) is 6.97. The topological polar surface area (TPSA) is 72.9 Å². The van der Waals surface area contributed by atoms with E-state index >= 15 is 0 Å². The van der Waals surface area contributed by atoms with E-state index in [0.29, 0.717) is 11.3 Å². The normalized spacial score (nSPS) is 12.4. The summed E-state index contributed by atoms with van der Waals surface area (Å²) in [7, 11) is 0. The molecule has 0 saturated carbocycles. The molecule has 1 aromatic heterocycles. The highest BCUT2D eigenvalue weighted by atomic mass is 35.5. The van der Waals surface area contributed by atoms with Crippen molar-refractivity contribution in [3.8, 4) is 5.69 Å². The highest BCUT2D eigenvalue weighted by molar-refractivity contribution is 5.95. The molecule has 0 fully saturated rings. The van der Waals surface area contributed by atoms with Gasteiger partial charge in [0.25, 0.3) is 5.91 Å². The minimum Gasteiger partial charge on any atom is -0.348 e. The van der Waals surface area contributed by atoms with Crippen molar-refractivity contribution in [2.45, 2.75) is 26.1 Å². The Labute approximate surface area is 143 Å². The molecule has 0 radical (unpaired) electrons. The van der Waals surface area contributed by atoms with E-state index < -0.39 is 11.7 Å². The summed E-state index contributed by atoms with van der Waals surface area (Å²) in [6, 6.07) is 4.57. The van der Waals surface area contributed by atoms with Gasteiger partial charge in [-0.15, -0.1) is 12.4 Å². The number of nitrogens with zero attached hydrogens (tertiary/aromatic N) is 2. The molecule has 1 atom stereocenters. The van der Waals surface area contributed by atoms with Crippen LogP contribution < -0.4 is 11.1 Å². The van der Waals surface area contributed by atoms with Crippen LogP contribution in [0.1, 0.15) is 28.5 Å². The van der Waals surface area contributed by atoms with Gasteiger partial charge in [0.15, 0.2) is 0 Å². The molecule has 24 heavy (non-hydrogen) atoms. The lowest BCUT2D eigenvalue weighted by atomic mass is 10.2. The molecule has 2 aromatic rings. The van der Waals surface area contributed by atoms with Crippen molar-refractivity contribution in [1.29, 1.82) is 0 Å². The molecule has 1 heterocycles. The van der Waals surface area contributed by atoms with Gasteiger partial charge in [-0.3, -0.25) is 4.79 Å². The van der Waals surface area contributed by atoms with Crippen molar-refractivity contribution in [3.63, 3.8) is 0 Å². The summed E-state index contributed by atoms with van der Waals surface area (Å²) in [4.78, 5) is 12.1. The second-order valence-electron chi connectivity index (χ2n) is 5.21. The molecule has 0 saturated heterocycles. The fourth-order valence-electron chi connectivity index (χ4n) is 2.07. The largest absolute Gasteiger partial charge is 0.416 e. The Bertz CT molecular complexity index is 715. The van der Waals surface area contributed by atoms with Crippen LogP contribution in [0.3, 0.4) is 0 Å². The first-order chi connectivity index (χ1) is 10.7. The molecular formula is C15H18ClF3N4O. The second-order valence-corrected chi connectivity index (χ2v) is 5.21. The average molecular weight is 363 g/mol. The SMILES string of the molecule is Cc1c(C(=O)N[C@@H](C)CN)cnn1-c1cccc(C(F)(F)F)c1.Cl. The van der Waals surface area contributed by atoms with E-state index in [4.69, 9.17) is 5.73 Å². The van der Waals surface area contributed by atoms with Crippen molar-refractivity contribution in [3.05, 3.63) is 47.3 Å². The van der Waals surface area contributed by atoms with Crippen LogP contribution in [0.15, 0.2) is 30.5 Å². The number of amides is 1. The number of benzene rings is 1. The van der Waals surface area contributed by atoms with E-state index in [1.54, 1.807) is 13.8 Å². The summed E-state index contributed by atoms with van der Waals surface area (Å²) in [5.74, 6) is -0.362. The van der Waals surface area contributed by atoms with Crippen molar-refractivity contribution < 1.29 is 18.0 Å². The fraction of sp³-hybridized carbons (Fsp3) is 0.333. The second kappa shape index (κ2) is 7.67. The van der Waals surface area contributed by atoms with Crippen molar-refractivity contribution in [2.75, 3.05) is 6.54 Å². The Morgan fingerprint density at radius 2 is 2.08 bits per heavy atom. The highest BCUT2D eigenvalue weighted by Gasteiger charge is 2.30. The Morgan fingerprint density at radius 3 is 2.67 bits per heavy atom. The third-order valence-corrected chi connectivity index (χ3v) is 3.40. The van der Waals surface area contributed by atoms with Gasteiger partial charge in [-0.25, -0.2) is 4.68 Å². The quantitative estimate of drug-likeness (QED) is 0.878. The standard InChI is InChI=1S/C15H17F3N4O.ClH/c1-9(7-19)21-14(23)13-8-20-22(10(13)2)12-5-3-4-11(6-12)15(16,17)18;/h3-6,8-9H,7,19H2,1-2H3,(H,21,23);1H/t9-;/m0./s1. The molecular weight excluding hydrogens is 345 g/mol. The molecule has 0 aliphatic carbocycles. The van der Waals surface area contributed by atoms with Gasteiger partial charge < -0.3 is 11.1 Å². The lowest BCUT2D eigenvalue weighted by Gasteiger charge is -2.12. The Morgan fingerprint density at radius 1 is 1.42 bits per heavy atom. The summed E-state index contributed by atoms with van der Waals surface area (Å²) in [5, 5.41) is 6.71. The van der Waals surface area contributed by atoms with E-state index in [9.17, 15) is 18.0 Å². The maximum atomic E-state index is 12.8. The van der Waals surface area contributed by atoms with Crippen LogP contribution in [0, 0.1) is 6.92 Å². The first-order valence-electron chi connectivity index (χ1n) is 6.97. The Balaban J connectivity index is 0.00000288. The van der Waals surface area contributed by atoms with Gasteiger partial charge in [0.1, 0.15) is 0 Å². The van der Waals surface area contributed by atoms with Gasteiger partial charge in [-0.2, -0.15) is 18.3 Å². The van der Waals surface area contributed by atoms with E-state index in [0.717, 1.165) is 12.1 Å². The molecule has 0 bridgehead atoms. The molecule has 132 valence electrons. The number of hydrogen-bond donors (Lipinski definition) is 2. The molecule has 0 unspecified atom stereocenters. The number of hydrogen-bond acceptors (Lipinski definition) is 3. The first kappa shape index (κ1) is 20.0. The predicted octanol–water partition coefficient (Wildman–Crippen LogP) is 2.70. The van der Waals surface area contributed by atoms with Crippen LogP contribution in [0.25, 0.3) is 5.69 Å². The lowest BCUT2D eigenvalue weighted by Crippen LogP contribution is -2.37. The van der Waals surface area contributed by atoms with E-state index in [2.05, 4.69) is 10.4 Å². The monoisotopic (exact) mass is 362 g/mol. The van der Waals surface area contributed by atoms with Crippen molar-refractivity contribution >= 4 is 18.3 Å². The van der Waals surface area contributed by atoms with Gasteiger partial charge in [0, 0.05) is 12.6 Å². The molecule has 0 aliphatic heterocycles. The summed E-state index contributed by atoms with van der Waals surface area (Å²) < 4.78 is 39.7. The maximum absolute atomic E-state index is 12.8. The predicted molar refractivity (Wildman–Crippen MR) is 86.5 cm³/mol. The smallest absolute Gasteiger partial charge is 0.348 e. The molecule has 3 N–H and O–H groups in total. The van der Waals surface area contributed by atoms with Crippen LogP contribution in [-0.2, 0) is 6.18 Å². The van der Waals surface area contributed by atoms with Gasteiger partial charge >= 0.3 is 6.18 Å². The van der Waals surface area contributed by atoms with E-state index in [1.165, 1.54) is 23.0 Å². The maximum Gasteiger partial charge on any atom is 0.416 e. The molecule has 5 nitrogen and oxygen atoms in total. The zero-order valence-corrected chi connectivity index (χ0v) is 13.9. The zero-order chi connectivity index (χ0) is 17.2. The third kappa shape index (κ3) is 4.27. The van der Waals surface area contributed by atoms with Crippen LogP contribution in [0.4, 0.5) is 13.2 Å².